The number of carbonyl (C=O) groups is 5. The number of primary amides is 2. The van der Waals surface area contributed by atoms with E-state index in [1.54, 1.807) is 60.6 Å². The van der Waals surface area contributed by atoms with Crippen LogP contribution in [-0.4, -0.2) is 132 Å². The summed E-state index contributed by atoms with van der Waals surface area (Å²) in [6, 6.07) is 6.01. The second kappa shape index (κ2) is 26.4. The van der Waals surface area contributed by atoms with Crippen LogP contribution in [0.1, 0.15) is 174 Å². The van der Waals surface area contributed by atoms with Crippen molar-refractivity contribution in [2.45, 2.75) is 151 Å². The number of carbonyl (C=O) groups excluding carboxylic acids is 4. The molecule has 10 N–H and O–H groups in total. The van der Waals surface area contributed by atoms with Crippen molar-refractivity contribution in [2.75, 3.05) is 40.1 Å². The van der Waals surface area contributed by atoms with E-state index in [0.29, 0.717) is 63.3 Å². The van der Waals surface area contributed by atoms with E-state index in [0.717, 1.165) is 77.3 Å². The van der Waals surface area contributed by atoms with Gasteiger partial charge in [0.15, 0.2) is 23.0 Å². The lowest BCUT2D eigenvalue weighted by Gasteiger charge is -2.40. The lowest BCUT2D eigenvalue weighted by Crippen LogP contribution is -2.54. The molecule has 91 heavy (non-hydrogen) atoms. The van der Waals surface area contributed by atoms with Gasteiger partial charge in [0.2, 0.25) is 0 Å². The first-order chi connectivity index (χ1) is 42.8. The highest BCUT2D eigenvalue weighted by atomic mass is 16.5. The summed E-state index contributed by atoms with van der Waals surface area (Å²) in [4.78, 5) is 81.5. The highest BCUT2D eigenvalue weighted by Crippen LogP contribution is 2.40. The number of rotatable bonds is 13. The van der Waals surface area contributed by atoms with Crippen molar-refractivity contribution < 1.29 is 33.8 Å². The number of carboxylic acid groups (broad SMARTS) is 1. The highest BCUT2D eigenvalue weighted by Gasteiger charge is 2.37. The topological polar surface area (TPSA) is 337 Å². The molecule has 12 rings (SSSR count). The average molecular weight is 1250 g/mol. The van der Waals surface area contributed by atoms with E-state index in [4.69, 9.17) is 32.0 Å². The van der Waals surface area contributed by atoms with Crippen LogP contribution >= 0.6 is 0 Å². The average Bonchev–Trinajstić information content (AvgIpc) is 1.68. The van der Waals surface area contributed by atoms with Crippen LogP contribution in [-0.2, 0) is 78.5 Å². The lowest BCUT2D eigenvalue weighted by atomic mass is 9.90. The molecule has 7 aromatic heterocycles. The number of fused-ring (bicyclic) bond motifs is 3. The van der Waals surface area contributed by atoms with Crippen molar-refractivity contribution in [3.63, 3.8) is 0 Å². The number of aryl methyl sites for hydroxylation is 2. The third-order valence-electron chi connectivity index (χ3n) is 18.1. The van der Waals surface area contributed by atoms with E-state index in [1.165, 1.54) is 33.8 Å². The van der Waals surface area contributed by atoms with Gasteiger partial charge in [0, 0.05) is 102 Å². The Bertz CT molecular complexity index is 3860. The summed E-state index contributed by atoms with van der Waals surface area (Å²) in [6.45, 7) is 21.5. The van der Waals surface area contributed by atoms with Crippen LogP contribution < -0.4 is 43.0 Å². The number of carboxylic acids is 1. The van der Waals surface area contributed by atoms with E-state index < -0.39 is 17.8 Å². The Morgan fingerprint density at radius 1 is 0.604 bits per heavy atom. The summed E-state index contributed by atoms with van der Waals surface area (Å²) >= 11 is 0. The minimum Gasteiger partial charge on any atom is -0.477 e. The maximum Gasteiger partial charge on any atom is 0.354 e. The third kappa shape index (κ3) is 14.9. The second-order valence-electron chi connectivity index (χ2n) is 27.3. The van der Waals surface area contributed by atoms with Crippen LogP contribution in [0.2, 0.25) is 0 Å². The molecule has 0 bridgehead atoms. The first-order valence-corrected chi connectivity index (χ1v) is 31.2. The van der Waals surface area contributed by atoms with Gasteiger partial charge in [0.05, 0.1) is 42.8 Å². The second-order valence-corrected chi connectivity index (χ2v) is 27.3. The predicted molar refractivity (Wildman–Crippen MR) is 348 cm³/mol. The summed E-state index contributed by atoms with van der Waals surface area (Å²) in [5, 5.41) is 26.6. The van der Waals surface area contributed by atoms with Gasteiger partial charge in [-0.3, -0.25) is 23.7 Å². The maximum absolute atomic E-state index is 13.3. The molecule has 4 atom stereocenters. The summed E-state index contributed by atoms with van der Waals surface area (Å²) in [5.74, 6) is -0.516. The number of hydrogen-bond acceptors (Lipinski definition) is 17. The fourth-order valence-electron chi connectivity index (χ4n) is 13.4. The van der Waals surface area contributed by atoms with Gasteiger partial charge < -0.3 is 66.5 Å². The molecule has 2 aliphatic heterocycles. The summed E-state index contributed by atoms with van der Waals surface area (Å²) in [7, 11) is 9.38. The molecule has 2 fully saturated rings. The van der Waals surface area contributed by atoms with E-state index in [2.05, 4.69) is 117 Å². The predicted octanol–water partition coefficient (Wildman–Crippen LogP) is 6.85. The monoisotopic (exact) mass is 1250 g/mol. The molecule has 9 heterocycles. The van der Waals surface area contributed by atoms with Crippen molar-refractivity contribution in [3.05, 3.63) is 118 Å². The molecule has 5 aliphatic rings. The molecule has 488 valence electrons. The lowest BCUT2D eigenvalue weighted by molar-refractivity contribution is 0.0513. The fraction of sp³-hybridized carbons (Fsp3) is 0.523. The molecule has 3 amide bonds. The SMILES string of the molecule is CCOC(=O)c1cc2c(n1C)CC(C)(C)C2.C[C@@H]1[C@H](N)CCCN1c1cnc(C(N)=O)c(Nc2cnn(C)c2)n1.C[C@@H]1[C@H](NC(=O)c2cc3c(n2C)CC(C)(C)C3)CCCN1c1cnc(C(N)=O)c(Nc2cnn(C)c2)n1.Cn1c(C(=O)O)cc2c1CC(C)(C)C2. The first kappa shape index (κ1) is 66.4. The van der Waals surface area contributed by atoms with Gasteiger partial charge in [0.1, 0.15) is 28.7 Å². The number of esters is 1. The molecule has 0 radical (unpaired) electrons. The van der Waals surface area contributed by atoms with Gasteiger partial charge >= 0.3 is 11.9 Å². The van der Waals surface area contributed by atoms with Gasteiger partial charge in [-0.1, -0.05) is 41.5 Å². The van der Waals surface area contributed by atoms with Gasteiger partial charge in [0.25, 0.3) is 17.7 Å². The van der Waals surface area contributed by atoms with E-state index in [9.17, 15) is 24.0 Å². The molecule has 7 aromatic rings. The van der Waals surface area contributed by atoms with E-state index in [-0.39, 0.29) is 58.7 Å². The Balaban J connectivity index is 0.000000155. The van der Waals surface area contributed by atoms with Gasteiger partial charge in [-0.2, -0.15) is 10.2 Å². The van der Waals surface area contributed by atoms with Crippen LogP contribution in [0.4, 0.5) is 34.6 Å². The minimum absolute atomic E-state index is 0.0243. The Hall–Kier alpha value is -9.07. The zero-order valence-corrected chi connectivity index (χ0v) is 55.1. The molecule has 26 nitrogen and oxygen atoms in total. The third-order valence-corrected chi connectivity index (χ3v) is 18.1. The largest absolute Gasteiger partial charge is 0.477 e. The number of ether oxygens (including phenoxy) is 1. The van der Waals surface area contributed by atoms with E-state index >= 15 is 0 Å². The van der Waals surface area contributed by atoms with Crippen molar-refractivity contribution in [1.29, 1.82) is 0 Å². The molecule has 2 saturated heterocycles. The van der Waals surface area contributed by atoms with Gasteiger partial charge in [-0.25, -0.2) is 29.5 Å². The van der Waals surface area contributed by atoms with Gasteiger partial charge in [-0.15, -0.1) is 0 Å². The molecule has 26 heteroatoms. The van der Waals surface area contributed by atoms with Crippen molar-refractivity contribution in [2.24, 2.45) is 68.7 Å². The summed E-state index contributed by atoms with van der Waals surface area (Å²) in [5.41, 5.74) is 28.8. The molecular formula is C65H91N19O7. The van der Waals surface area contributed by atoms with Crippen LogP contribution in [0.25, 0.3) is 0 Å². The molecular weight excluding hydrogens is 1160 g/mol. The highest BCUT2D eigenvalue weighted by molar-refractivity contribution is 5.97. The molecule has 0 spiro atoms. The van der Waals surface area contributed by atoms with Crippen LogP contribution in [0, 0.1) is 16.2 Å². The van der Waals surface area contributed by atoms with Crippen molar-refractivity contribution in [1.82, 2.24) is 58.5 Å². The smallest absolute Gasteiger partial charge is 0.354 e. The van der Waals surface area contributed by atoms with E-state index in [1.807, 2.05) is 49.3 Å². The summed E-state index contributed by atoms with van der Waals surface area (Å²) < 4.78 is 14.2. The number of nitrogens with one attached hydrogen (secondary N) is 3. The van der Waals surface area contributed by atoms with Crippen molar-refractivity contribution >= 4 is 64.3 Å². The standard InChI is InChI=1S/C26H35N9O2.C15H22N8O.C13H19NO2.C11H15NO2/c1-15-18(31-25(37)19-9-16-10-26(2,3)11-20(16)34(19)5)7-6-8-35(15)21-13-28-22(23(27)36)24(32-21)30-17-12-29-33(4)14-17;1-9-11(16)4-3-5-23(9)12-7-18-13(14(17)24)15(21-12)20-10-6-19-22(2)8-10;1-5-16-12(15)10-6-9-7-13(2,3)8-11(9)14(10)4;1-11(2)5-7-4-8(10(13)14)12(3)9(7)6-11/h9,12-15,18H,6-8,10-11H2,1-5H3,(H2,27,36)(H,30,32)(H,31,37);6-9,11H,3-5,16H2,1-2H3,(H2,17,24)(H,20,21);6H,5,7-8H2,1-4H3;4H,5-6H2,1-3H3,(H,13,14)/t15-,18-;9-,11-;;/m11../s1. The van der Waals surface area contributed by atoms with Crippen LogP contribution in [0.5, 0.6) is 0 Å². The number of piperidine rings is 2. The number of aromatic nitrogens is 11. The fourth-order valence-corrected chi connectivity index (χ4v) is 13.4. The molecule has 0 saturated carbocycles. The first-order valence-electron chi connectivity index (χ1n) is 31.2. The maximum atomic E-state index is 13.3. The minimum atomic E-state index is -0.834. The number of hydrogen-bond donors (Lipinski definition) is 7. The van der Waals surface area contributed by atoms with Crippen LogP contribution in [0.3, 0.4) is 0 Å². The molecule has 0 aromatic carbocycles. The number of amides is 3. The van der Waals surface area contributed by atoms with Crippen LogP contribution in [0.15, 0.2) is 55.4 Å². The number of anilines is 6. The number of nitrogens with two attached hydrogens (primary N) is 3. The Labute approximate surface area is 531 Å². The molecule has 0 unspecified atom stereocenters. The Kier molecular flexibility index (Phi) is 19.3. The van der Waals surface area contributed by atoms with Gasteiger partial charge in [-0.05, 0) is 136 Å². The quantitative estimate of drug-likeness (QED) is 0.0580. The number of aromatic carboxylic acids is 1. The summed E-state index contributed by atoms with van der Waals surface area (Å²) in [6.07, 6.45) is 19.7. The van der Waals surface area contributed by atoms with Crippen molar-refractivity contribution in [3.8, 4) is 0 Å². The molecule has 3 aliphatic carbocycles. The zero-order valence-electron chi connectivity index (χ0n) is 55.1. The zero-order chi connectivity index (χ0) is 66.2. The normalized spacial score (nSPS) is 19.7. The Morgan fingerprint density at radius 2 is 1.02 bits per heavy atom. The Morgan fingerprint density at radius 3 is 1.44 bits per heavy atom. The number of nitrogens with zero attached hydrogens (tertiary/aromatic N) is 13.